The third-order valence-corrected chi connectivity index (χ3v) is 7.62. The van der Waals surface area contributed by atoms with Crippen LogP contribution in [0.1, 0.15) is 74.9 Å². The Morgan fingerprint density at radius 1 is 1.14 bits per heavy atom. The fourth-order valence-corrected chi connectivity index (χ4v) is 5.53. The molecule has 0 aromatic carbocycles. The van der Waals surface area contributed by atoms with Crippen LogP contribution in [0.2, 0.25) is 0 Å². The molecule has 0 radical (unpaired) electrons. The second-order valence-electron chi connectivity index (χ2n) is 9.29. The summed E-state index contributed by atoms with van der Waals surface area (Å²) in [5, 5.41) is 0.731. The normalized spacial score (nSPS) is 20.7. The number of amides is 1. The summed E-state index contributed by atoms with van der Waals surface area (Å²) in [5.41, 5.74) is 1.03. The Morgan fingerprint density at radius 3 is 2.77 bits per heavy atom. The van der Waals surface area contributed by atoms with Crippen molar-refractivity contribution in [2.24, 2.45) is 5.92 Å². The minimum absolute atomic E-state index is 0.180. The number of piperidine rings is 2. The minimum atomic E-state index is -0.266. The van der Waals surface area contributed by atoms with Crippen LogP contribution in [-0.4, -0.2) is 59.0 Å². The van der Waals surface area contributed by atoms with Crippen molar-refractivity contribution >= 4 is 29.5 Å². The Balaban J connectivity index is 1.39. The van der Waals surface area contributed by atoms with Gasteiger partial charge in [0.05, 0.1) is 18.3 Å². The SMILES string of the molecule is CCOC(=O)[C@@H]1CCCN(C(=O)c2ccc(CSc3nc(CC)cc(N4CCCC[C@@H]4C)n3)o2)C1. The summed E-state index contributed by atoms with van der Waals surface area (Å²) >= 11 is 1.52. The van der Waals surface area contributed by atoms with Crippen LogP contribution in [0.4, 0.5) is 5.82 Å². The molecule has 2 saturated heterocycles. The number of aromatic nitrogens is 2. The molecule has 0 saturated carbocycles. The predicted octanol–water partition coefficient (Wildman–Crippen LogP) is 4.72. The van der Waals surface area contributed by atoms with E-state index in [1.165, 1.54) is 31.0 Å². The number of aryl methyl sites for hydroxylation is 1. The molecule has 4 heterocycles. The molecular formula is C26H36N4O4S. The van der Waals surface area contributed by atoms with Gasteiger partial charge in [-0.15, -0.1) is 0 Å². The number of carbonyl (C=O) groups is 2. The molecule has 1 amide bonds. The van der Waals surface area contributed by atoms with Gasteiger partial charge >= 0.3 is 5.97 Å². The maximum Gasteiger partial charge on any atom is 0.310 e. The molecule has 2 aromatic rings. The van der Waals surface area contributed by atoms with Crippen molar-refractivity contribution in [2.45, 2.75) is 76.2 Å². The standard InChI is InChI=1S/C26H36N4O4S/c1-4-20-15-23(30-14-7-6-9-18(30)3)28-26(27-20)35-17-21-11-12-22(34-21)24(31)29-13-8-10-19(16-29)25(32)33-5-2/h11-12,15,18-19H,4-10,13-14,16-17H2,1-3H3/t18-,19+/m0/s1. The Morgan fingerprint density at radius 2 is 2.00 bits per heavy atom. The minimum Gasteiger partial charge on any atom is -0.466 e. The monoisotopic (exact) mass is 500 g/mol. The van der Waals surface area contributed by atoms with E-state index in [2.05, 4.69) is 24.8 Å². The molecule has 35 heavy (non-hydrogen) atoms. The Hall–Kier alpha value is -2.55. The average Bonchev–Trinajstić information content (AvgIpc) is 3.36. The lowest BCUT2D eigenvalue weighted by molar-refractivity contribution is -0.149. The Kier molecular flexibility index (Phi) is 8.70. The summed E-state index contributed by atoms with van der Waals surface area (Å²) in [7, 11) is 0. The molecule has 0 unspecified atom stereocenters. The third kappa shape index (κ3) is 6.37. The van der Waals surface area contributed by atoms with E-state index in [1.807, 2.05) is 6.07 Å². The summed E-state index contributed by atoms with van der Waals surface area (Å²) in [6.07, 6.45) is 6.03. The fourth-order valence-electron chi connectivity index (χ4n) is 4.77. The van der Waals surface area contributed by atoms with Crippen molar-refractivity contribution in [3.05, 3.63) is 35.4 Å². The molecule has 8 nitrogen and oxygen atoms in total. The van der Waals surface area contributed by atoms with E-state index >= 15 is 0 Å². The number of thioether (sulfide) groups is 1. The topological polar surface area (TPSA) is 88.8 Å². The molecule has 2 aliphatic heterocycles. The summed E-state index contributed by atoms with van der Waals surface area (Å²) in [5.74, 6) is 1.88. The van der Waals surface area contributed by atoms with Crippen molar-refractivity contribution in [2.75, 3.05) is 31.1 Å². The first-order valence-electron chi connectivity index (χ1n) is 12.8. The first-order chi connectivity index (χ1) is 17.0. The Bertz CT molecular complexity index is 1030. The molecular weight excluding hydrogens is 464 g/mol. The predicted molar refractivity (Wildman–Crippen MR) is 136 cm³/mol. The molecule has 2 aliphatic rings. The average molecular weight is 501 g/mol. The molecule has 0 aliphatic carbocycles. The molecule has 190 valence electrons. The number of ether oxygens (including phenoxy) is 1. The van der Waals surface area contributed by atoms with Crippen molar-refractivity contribution in [1.82, 2.24) is 14.9 Å². The molecule has 9 heteroatoms. The van der Waals surface area contributed by atoms with Crippen molar-refractivity contribution < 1.29 is 18.7 Å². The molecule has 0 spiro atoms. The Labute approximate surface area is 211 Å². The maximum absolute atomic E-state index is 13.0. The number of furan rings is 1. The summed E-state index contributed by atoms with van der Waals surface area (Å²) in [4.78, 5) is 38.7. The number of likely N-dealkylation sites (tertiary alicyclic amines) is 1. The van der Waals surface area contributed by atoms with E-state index in [4.69, 9.17) is 19.1 Å². The quantitative estimate of drug-likeness (QED) is 0.292. The highest BCUT2D eigenvalue weighted by molar-refractivity contribution is 7.98. The second-order valence-corrected chi connectivity index (χ2v) is 10.2. The molecule has 2 aromatic heterocycles. The number of esters is 1. The van der Waals surface area contributed by atoms with Gasteiger partial charge in [0.1, 0.15) is 11.6 Å². The van der Waals surface area contributed by atoms with Gasteiger partial charge in [-0.05, 0) is 64.5 Å². The summed E-state index contributed by atoms with van der Waals surface area (Å²) in [6.45, 7) is 8.54. The second kappa shape index (κ2) is 11.9. The van der Waals surface area contributed by atoms with Gasteiger partial charge in [-0.2, -0.15) is 0 Å². The van der Waals surface area contributed by atoms with Gasteiger partial charge in [0.2, 0.25) is 0 Å². The molecule has 0 N–H and O–H groups in total. The van der Waals surface area contributed by atoms with Gasteiger partial charge in [-0.25, -0.2) is 9.97 Å². The third-order valence-electron chi connectivity index (χ3n) is 6.75. The van der Waals surface area contributed by atoms with E-state index < -0.39 is 0 Å². The van der Waals surface area contributed by atoms with Gasteiger partial charge in [-0.3, -0.25) is 9.59 Å². The molecule has 0 bridgehead atoms. The number of nitrogens with zero attached hydrogens (tertiary/aromatic N) is 4. The maximum atomic E-state index is 13.0. The van der Waals surface area contributed by atoms with Crippen LogP contribution >= 0.6 is 11.8 Å². The number of rotatable bonds is 8. The van der Waals surface area contributed by atoms with E-state index in [0.29, 0.717) is 43.0 Å². The summed E-state index contributed by atoms with van der Waals surface area (Å²) < 4.78 is 11.0. The van der Waals surface area contributed by atoms with Crippen LogP contribution in [0.25, 0.3) is 0 Å². The first kappa shape index (κ1) is 25.5. The molecule has 4 rings (SSSR count). The van der Waals surface area contributed by atoms with E-state index in [1.54, 1.807) is 17.9 Å². The number of hydrogen-bond acceptors (Lipinski definition) is 8. The van der Waals surface area contributed by atoms with E-state index in [9.17, 15) is 9.59 Å². The number of anilines is 1. The largest absolute Gasteiger partial charge is 0.466 e. The van der Waals surface area contributed by atoms with Crippen LogP contribution in [0.15, 0.2) is 27.8 Å². The fraction of sp³-hybridized carbons (Fsp3) is 0.615. The smallest absolute Gasteiger partial charge is 0.310 e. The van der Waals surface area contributed by atoms with Crippen molar-refractivity contribution in [3.8, 4) is 0 Å². The van der Waals surface area contributed by atoms with Gasteiger partial charge in [0, 0.05) is 37.4 Å². The van der Waals surface area contributed by atoms with Crippen LogP contribution in [0, 0.1) is 5.92 Å². The lowest BCUT2D eigenvalue weighted by atomic mass is 9.98. The van der Waals surface area contributed by atoms with Gasteiger partial charge < -0.3 is 19.0 Å². The van der Waals surface area contributed by atoms with Crippen molar-refractivity contribution in [3.63, 3.8) is 0 Å². The van der Waals surface area contributed by atoms with E-state index in [0.717, 1.165) is 42.5 Å². The highest BCUT2D eigenvalue weighted by Crippen LogP contribution is 2.28. The lowest BCUT2D eigenvalue weighted by Gasteiger charge is -2.34. The first-order valence-corrected chi connectivity index (χ1v) is 13.8. The lowest BCUT2D eigenvalue weighted by Crippen LogP contribution is -2.42. The van der Waals surface area contributed by atoms with Crippen LogP contribution in [-0.2, 0) is 21.7 Å². The number of hydrogen-bond donors (Lipinski definition) is 0. The van der Waals surface area contributed by atoms with Gasteiger partial charge in [-0.1, -0.05) is 18.7 Å². The van der Waals surface area contributed by atoms with Crippen molar-refractivity contribution in [1.29, 1.82) is 0 Å². The zero-order chi connectivity index (χ0) is 24.8. The zero-order valence-corrected chi connectivity index (χ0v) is 21.8. The number of carbonyl (C=O) groups excluding carboxylic acids is 2. The molecule has 2 atom stereocenters. The van der Waals surface area contributed by atoms with E-state index in [-0.39, 0.29) is 17.8 Å². The highest BCUT2D eigenvalue weighted by Gasteiger charge is 2.31. The highest BCUT2D eigenvalue weighted by atomic mass is 32.2. The summed E-state index contributed by atoms with van der Waals surface area (Å²) in [6, 6.07) is 6.15. The van der Waals surface area contributed by atoms with Gasteiger partial charge in [0.25, 0.3) is 5.91 Å². The van der Waals surface area contributed by atoms with Crippen LogP contribution in [0.5, 0.6) is 0 Å². The van der Waals surface area contributed by atoms with Gasteiger partial charge in [0.15, 0.2) is 10.9 Å². The van der Waals surface area contributed by atoms with Crippen LogP contribution < -0.4 is 4.90 Å². The van der Waals surface area contributed by atoms with Crippen LogP contribution in [0.3, 0.4) is 0 Å². The zero-order valence-electron chi connectivity index (χ0n) is 21.0. The molecule has 2 fully saturated rings.